The van der Waals surface area contributed by atoms with Crippen LogP contribution in [0.2, 0.25) is 0 Å². The lowest BCUT2D eigenvalue weighted by Gasteiger charge is -2.21. The van der Waals surface area contributed by atoms with E-state index in [2.05, 4.69) is 48.5 Å². The highest BCUT2D eigenvalue weighted by molar-refractivity contribution is 7.47. The van der Waals surface area contributed by atoms with Crippen LogP contribution in [0.5, 0.6) is 0 Å². The Kier molecular flexibility index (Phi) is 59.6. The van der Waals surface area contributed by atoms with E-state index in [1.165, 1.54) is 161 Å². The third-order valence-electron chi connectivity index (χ3n) is 16.9. The van der Waals surface area contributed by atoms with Crippen molar-refractivity contribution in [2.45, 2.75) is 369 Å². The maximum Gasteiger partial charge on any atom is 0.472 e. The fourth-order valence-electron chi connectivity index (χ4n) is 10.5. The smallest absolute Gasteiger partial charge is 0.462 e. The van der Waals surface area contributed by atoms with E-state index in [1.54, 1.807) is 0 Å². The lowest BCUT2D eigenvalue weighted by atomic mass is 9.99. The van der Waals surface area contributed by atoms with Crippen LogP contribution in [0.15, 0.2) is 0 Å². The van der Waals surface area contributed by atoms with Gasteiger partial charge in [0.15, 0.2) is 12.2 Å². The van der Waals surface area contributed by atoms with E-state index in [0.717, 1.165) is 108 Å². The summed E-state index contributed by atoms with van der Waals surface area (Å²) in [5.41, 5.74) is 0. The molecule has 0 heterocycles. The highest BCUT2D eigenvalue weighted by atomic mass is 31.2. The van der Waals surface area contributed by atoms with Gasteiger partial charge in [0.1, 0.15) is 19.3 Å². The van der Waals surface area contributed by atoms with Gasteiger partial charge in [-0.1, -0.05) is 299 Å². The molecule has 0 fully saturated rings. The minimum absolute atomic E-state index is 0.105. The van der Waals surface area contributed by atoms with Crippen LogP contribution in [0.1, 0.15) is 350 Å². The minimum Gasteiger partial charge on any atom is -0.462 e. The first-order valence-electron chi connectivity index (χ1n) is 36.4. The molecule has 3 N–H and O–H groups in total. The van der Waals surface area contributed by atoms with Gasteiger partial charge in [0.25, 0.3) is 0 Å². The molecule has 17 nitrogen and oxygen atoms in total. The molecule has 0 aromatic carbocycles. The van der Waals surface area contributed by atoms with Crippen LogP contribution < -0.4 is 0 Å². The zero-order chi connectivity index (χ0) is 65.9. The van der Waals surface area contributed by atoms with Gasteiger partial charge in [0.05, 0.1) is 26.4 Å². The summed E-state index contributed by atoms with van der Waals surface area (Å²) in [4.78, 5) is 72.5. The van der Waals surface area contributed by atoms with E-state index in [-0.39, 0.29) is 25.7 Å². The van der Waals surface area contributed by atoms with E-state index in [1.807, 2.05) is 0 Å². The van der Waals surface area contributed by atoms with Gasteiger partial charge < -0.3 is 33.8 Å². The Bertz CT molecular complexity index is 1750. The second kappa shape index (κ2) is 61.0. The molecule has 0 spiro atoms. The first-order valence-corrected chi connectivity index (χ1v) is 39.4. The normalized spacial score (nSPS) is 14.8. The molecule has 0 bridgehead atoms. The topological polar surface area (TPSA) is 237 Å². The van der Waals surface area contributed by atoms with Crippen molar-refractivity contribution >= 4 is 39.5 Å². The summed E-state index contributed by atoms with van der Waals surface area (Å²) in [6.45, 7) is 11.8. The van der Waals surface area contributed by atoms with Gasteiger partial charge in [-0.25, -0.2) is 9.13 Å². The number of carbonyl (C=O) groups excluding carboxylic acids is 4. The number of aliphatic hydroxyl groups is 1. The summed E-state index contributed by atoms with van der Waals surface area (Å²) in [6, 6.07) is 0. The highest BCUT2D eigenvalue weighted by Crippen LogP contribution is 2.45. The monoisotopic (exact) mass is 1310 g/mol. The molecule has 0 radical (unpaired) electrons. The van der Waals surface area contributed by atoms with Gasteiger partial charge in [0.2, 0.25) is 0 Å². The van der Waals surface area contributed by atoms with Crippen LogP contribution in [-0.2, 0) is 65.4 Å². The number of esters is 4. The molecule has 0 saturated carbocycles. The molecule has 528 valence electrons. The predicted molar refractivity (Wildman–Crippen MR) is 358 cm³/mol. The molecular weight excluding hydrogens is 1170 g/mol. The van der Waals surface area contributed by atoms with Crippen LogP contribution in [0.4, 0.5) is 0 Å². The van der Waals surface area contributed by atoms with E-state index in [9.17, 15) is 43.2 Å². The second-order valence-electron chi connectivity index (χ2n) is 26.2. The third kappa shape index (κ3) is 62.0. The average Bonchev–Trinajstić information content (AvgIpc) is 3.71. The number of carbonyl (C=O) groups is 4. The summed E-state index contributed by atoms with van der Waals surface area (Å²) < 4.78 is 68.3. The number of ether oxygens (including phenoxy) is 4. The molecule has 0 aromatic rings. The Morgan fingerprint density at radius 2 is 0.573 bits per heavy atom. The molecule has 0 aliphatic heterocycles. The van der Waals surface area contributed by atoms with Crippen LogP contribution >= 0.6 is 15.6 Å². The van der Waals surface area contributed by atoms with E-state index < -0.39 is 97.5 Å². The first-order chi connectivity index (χ1) is 42.8. The molecule has 0 rings (SSSR count). The van der Waals surface area contributed by atoms with Gasteiger partial charge >= 0.3 is 39.5 Å². The summed E-state index contributed by atoms with van der Waals surface area (Å²) in [5, 5.41) is 10.6. The van der Waals surface area contributed by atoms with Gasteiger partial charge in [-0.3, -0.25) is 37.3 Å². The Morgan fingerprint density at radius 1 is 0.326 bits per heavy atom. The van der Waals surface area contributed by atoms with Crippen molar-refractivity contribution in [3.8, 4) is 0 Å². The van der Waals surface area contributed by atoms with Crippen molar-refractivity contribution in [2.75, 3.05) is 39.6 Å². The Labute approximate surface area is 543 Å². The van der Waals surface area contributed by atoms with Crippen molar-refractivity contribution in [2.24, 2.45) is 17.8 Å². The second-order valence-corrected chi connectivity index (χ2v) is 29.1. The highest BCUT2D eigenvalue weighted by Gasteiger charge is 2.30. The molecule has 0 aliphatic carbocycles. The number of phosphoric acid groups is 2. The van der Waals surface area contributed by atoms with Crippen molar-refractivity contribution in [3.63, 3.8) is 0 Å². The molecule has 19 heteroatoms. The minimum atomic E-state index is -4.95. The molecule has 0 amide bonds. The van der Waals surface area contributed by atoms with Gasteiger partial charge in [0, 0.05) is 25.7 Å². The number of hydrogen-bond acceptors (Lipinski definition) is 15. The largest absolute Gasteiger partial charge is 0.472 e. The Balaban J connectivity index is 5.25. The van der Waals surface area contributed by atoms with Crippen LogP contribution in [0.3, 0.4) is 0 Å². The fraction of sp³-hybridized carbons (Fsp3) is 0.943. The van der Waals surface area contributed by atoms with Crippen LogP contribution in [0, 0.1) is 17.8 Å². The quantitative estimate of drug-likeness (QED) is 0.0222. The lowest BCUT2D eigenvalue weighted by Crippen LogP contribution is -2.30. The molecule has 0 aromatic heterocycles. The van der Waals surface area contributed by atoms with Gasteiger partial charge in [-0.05, 0) is 43.4 Å². The van der Waals surface area contributed by atoms with Crippen molar-refractivity contribution < 1.29 is 80.2 Å². The first kappa shape index (κ1) is 87.1. The molecule has 89 heavy (non-hydrogen) atoms. The maximum absolute atomic E-state index is 13.0. The van der Waals surface area contributed by atoms with Crippen LogP contribution in [-0.4, -0.2) is 96.7 Å². The predicted octanol–water partition coefficient (Wildman–Crippen LogP) is 19.8. The number of rotatable bonds is 68. The number of phosphoric ester groups is 2. The molecular formula is C70H136O17P2. The van der Waals surface area contributed by atoms with E-state index >= 15 is 0 Å². The van der Waals surface area contributed by atoms with Crippen molar-refractivity contribution in [3.05, 3.63) is 0 Å². The molecule has 7 atom stereocenters. The Morgan fingerprint density at radius 3 is 0.854 bits per heavy atom. The zero-order valence-corrected chi connectivity index (χ0v) is 59.7. The van der Waals surface area contributed by atoms with Crippen molar-refractivity contribution in [1.82, 2.24) is 0 Å². The fourth-order valence-corrected chi connectivity index (χ4v) is 12.1. The van der Waals surface area contributed by atoms with E-state index in [4.69, 9.17) is 37.0 Å². The summed E-state index contributed by atoms with van der Waals surface area (Å²) in [7, 11) is -9.90. The maximum atomic E-state index is 13.0. The molecule has 0 saturated heterocycles. The third-order valence-corrected chi connectivity index (χ3v) is 18.8. The average molecular weight is 1310 g/mol. The van der Waals surface area contributed by atoms with Gasteiger partial charge in [-0.15, -0.1) is 0 Å². The van der Waals surface area contributed by atoms with E-state index in [0.29, 0.717) is 25.7 Å². The summed E-state index contributed by atoms with van der Waals surface area (Å²) in [6.07, 6.45) is 44.3. The standard InChI is InChI=1S/C70H136O17P2/c1-8-11-12-13-14-20-30-37-44-51-67(72)80-57-66(87-70(75)54-47-40-33-26-24-29-36-43-50-63(7)10-3)60-85-89(78,79)83-56-64(71)55-82-88(76,77)84-59-65(58-81-68(73)52-45-38-31-25-23-28-35-42-49-62(6)9-2)86-69(74)53-46-39-32-22-19-17-15-16-18-21-27-34-41-48-61(4)5/h61-66,71H,8-60H2,1-7H3,(H,76,77)(H,78,79)/t62?,63?,64-,65-,66-/m1/s1. The summed E-state index contributed by atoms with van der Waals surface area (Å²) >= 11 is 0. The number of hydrogen-bond donors (Lipinski definition) is 3. The van der Waals surface area contributed by atoms with Crippen molar-refractivity contribution in [1.29, 1.82) is 0 Å². The SMILES string of the molecule is CCCCCCCCCCCC(=O)OC[C@H](COP(=O)(O)OC[C@H](O)COP(=O)(O)OC[C@@H](COC(=O)CCCCCCCCCCC(C)CC)OC(=O)CCCCCCCCCCCCCCCC(C)C)OC(=O)CCCCCCCCCCC(C)CC. The summed E-state index contributed by atoms with van der Waals surface area (Å²) in [5.74, 6) is 0.205. The van der Waals surface area contributed by atoms with Gasteiger partial charge in [-0.2, -0.15) is 0 Å². The molecule has 4 unspecified atom stereocenters. The zero-order valence-electron chi connectivity index (χ0n) is 57.9. The number of aliphatic hydroxyl groups excluding tert-OH is 1. The lowest BCUT2D eigenvalue weighted by molar-refractivity contribution is -0.161. The number of unbranched alkanes of at least 4 members (excludes halogenated alkanes) is 34. The van der Waals surface area contributed by atoms with Crippen LogP contribution in [0.25, 0.3) is 0 Å². The Hall–Kier alpha value is -1.94. The molecule has 0 aliphatic rings.